The SMILES string of the molecule is COc1ccc(C(O)C2CCCOC2)c(C)c1. The van der Waals surface area contributed by atoms with E-state index in [4.69, 9.17) is 9.47 Å². The van der Waals surface area contributed by atoms with Gasteiger partial charge in [0, 0.05) is 12.5 Å². The van der Waals surface area contributed by atoms with Crippen molar-refractivity contribution >= 4 is 0 Å². The van der Waals surface area contributed by atoms with E-state index in [0.717, 1.165) is 36.3 Å². The van der Waals surface area contributed by atoms with Gasteiger partial charge in [0.2, 0.25) is 0 Å². The van der Waals surface area contributed by atoms with Crippen molar-refractivity contribution in [2.24, 2.45) is 5.92 Å². The second kappa shape index (κ2) is 5.52. The number of aryl methyl sites for hydroxylation is 1. The van der Waals surface area contributed by atoms with Gasteiger partial charge in [-0.15, -0.1) is 0 Å². The molecule has 1 heterocycles. The molecule has 1 aliphatic rings. The fourth-order valence-corrected chi connectivity index (χ4v) is 2.38. The molecule has 17 heavy (non-hydrogen) atoms. The molecule has 0 saturated carbocycles. The molecule has 3 heteroatoms. The minimum Gasteiger partial charge on any atom is -0.497 e. The van der Waals surface area contributed by atoms with Crippen LogP contribution in [0.15, 0.2) is 18.2 Å². The first-order valence-corrected chi connectivity index (χ1v) is 6.12. The normalized spacial score (nSPS) is 22.2. The van der Waals surface area contributed by atoms with Gasteiger partial charge in [0.25, 0.3) is 0 Å². The van der Waals surface area contributed by atoms with Crippen LogP contribution in [0.2, 0.25) is 0 Å². The Labute approximate surface area is 102 Å². The van der Waals surface area contributed by atoms with Gasteiger partial charge >= 0.3 is 0 Å². The van der Waals surface area contributed by atoms with E-state index in [-0.39, 0.29) is 5.92 Å². The summed E-state index contributed by atoms with van der Waals surface area (Å²) in [5.41, 5.74) is 2.06. The van der Waals surface area contributed by atoms with Gasteiger partial charge in [-0.1, -0.05) is 6.07 Å². The van der Waals surface area contributed by atoms with E-state index in [9.17, 15) is 5.11 Å². The van der Waals surface area contributed by atoms with Crippen LogP contribution in [-0.2, 0) is 4.74 Å². The summed E-state index contributed by atoms with van der Waals surface area (Å²) in [6.07, 6.45) is 1.64. The van der Waals surface area contributed by atoms with E-state index < -0.39 is 6.10 Å². The molecule has 2 unspecified atom stereocenters. The molecular weight excluding hydrogens is 216 g/mol. The van der Waals surface area contributed by atoms with Gasteiger partial charge in [-0.2, -0.15) is 0 Å². The molecule has 0 spiro atoms. The van der Waals surface area contributed by atoms with E-state index in [1.54, 1.807) is 7.11 Å². The first-order valence-electron chi connectivity index (χ1n) is 6.12. The zero-order chi connectivity index (χ0) is 12.3. The molecule has 1 saturated heterocycles. The standard InChI is InChI=1S/C14H20O3/c1-10-8-12(16-2)5-6-13(10)14(15)11-4-3-7-17-9-11/h5-6,8,11,14-15H,3-4,7,9H2,1-2H3. The maximum atomic E-state index is 10.4. The molecule has 0 bridgehead atoms. The molecule has 94 valence electrons. The zero-order valence-electron chi connectivity index (χ0n) is 10.5. The van der Waals surface area contributed by atoms with Gasteiger partial charge < -0.3 is 14.6 Å². The van der Waals surface area contributed by atoms with Crippen LogP contribution in [0.4, 0.5) is 0 Å². The summed E-state index contributed by atoms with van der Waals surface area (Å²) >= 11 is 0. The van der Waals surface area contributed by atoms with E-state index in [0.29, 0.717) is 6.61 Å². The predicted octanol–water partition coefficient (Wildman–Crippen LogP) is 2.46. The molecule has 2 rings (SSSR count). The Kier molecular flexibility index (Phi) is 4.02. The van der Waals surface area contributed by atoms with Crippen LogP contribution in [0.3, 0.4) is 0 Å². The second-order valence-electron chi connectivity index (χ2n) is 4.64. The summed E-state index contributed by atoms with van der Waals surface area (Å²) in [4.78, 5) is 0. The van der Waals surface area contributed by atoms with Crippen molar-refractivity contribution in [3.63, 3.8) is 0 Å². The molecule has 1 aromatic rings. The van der Waals surface area contributed by atoms with Crippen LogP contribution in [0.25, 0.3) is 0 Å². The van der Waals surface area contributed by atoms with Gasteiger partial charge in [0.15, 0.2) is 0 Å². The average molecular weight is 236 g/mol. The van der Waals surface area contributed by atoms with Crippen molar-refractivity contribution in [1.82, 2.24) is 0 Å². The highest BCUT2D eigenvalue weighted by Crippen LogP contribution is 2.31. The van der Waals surface area contributed by atoms with Crippen molar-refractivity contribution in [3.05, 3.63) is 29.3 Å². The highest BCUT2D eigenvalue weighted by atomic mass is 16.5. The monoisotopic (exact) mass is 236 g/mol. The van der Waals surface area contributed by atoms with Gasteiger partial charge in [-0.25, -0.2) is 0 Å². The summed E-state index contributed by atoms with van der Waals surface area (Å²) in [5.74, 6) is 1.05. The summed E-state index contributed by atoms with van der Waals surface area (Å²) in [7, 11) is 1.65. The van der Waals surface area contributed by atoms with E-state index in [1.165, 1.54) is 0 Å². The molecule has 3 nitrogen and oxygen atoms in total. The third-order valence-electron chi connectivity index (χ3n) is 3.44. The van der Waals surface area contributed by atoms with Crippen LogP contribution in [0.5, 0.6) is 5.75 Å². The number of ether oxygens (including phenoxy) is 2. The van der Waals surface area contributed by atoms with Crippen LogP contribution in [0, 0.1) is 12.8 Å². The Hall–Kier alpha value is -1.06. The molecule has 1 aliphatic heterocycles. The molecule has 0 amide bonds. The lowest BCUT2D eigenvalue weighted by Crippen LogP contribution is -2.24. The van der Waals surface area contributed by atoms with E-state index in [2.05, 4.69) is 0 Å². The molecular formula is C14H20O3. The fraction of sp³-hybridized carbons (Fsp3) is 0.571. The second-order valence-corrected chi connectivity index (χ2v) is 4.64. The van der Waals surface area contributed by atoms with Crippen molar-refractivity contribution in [2.75, 3.05) is 20.3 Å². The summed E-state index contributed by atoms with van der Waals surface area (Å²) in [5, 5.41) is 10.4. The van der Waals surface area contributed by atoms with E-state index in [1.807, 2.05) is 25.1 Å². The predicted molar refractivity (Wildman–Crippen MR) is 66.2 cm³/mol. The molecule has 0 radical (unpaired) electrons. The fourth-order valence-electron chi connectivity index (χ4n) is 2.38. The molecule has 1 fully saturated rings. The maximum absolute atomic E-state index is 10.4. The molecule has 1 N–H and O–H groups in total. The maximum Gasteiger partial charge on any atom is 0.119 e. The summed E-state index contributed by atoms with van der Waals surface area (Å²) < 4.78 is 10.6. The average Bonchev–Trinajstić information content (AvgIpc) is 2.39. The minimum atomic E-state index is -0.429. The lowest BCUT2D eigenvalue weighted by molar-refractivity contribution is -0.0102. The number of benzene rings is 1. The Morgan fingerprint density at radius 1 is 1.47 bits per heavy atom. The first kappa shape index (κ1) is 12.4. The largest absolute Gasteiger partial charge is 0.497 e. The van der Waals surface area contributed by atoms with Gasteiger partial charge in [0.1, 0.15) is 5.75 Å². The molecule has 2 atom stereocenters. The van der Waals surface area contributed by atoms with Crippen LogP contribution in [0.1, 0.15) is 30.1 Å². The number of rotatable bonds is 3. The van der Waals surface area contributed by atoms with Crippen molar-refractivity contribution < 1.29 is 14.6 Å². The number of aliphatic hydroxyl groups excluding tert-OH is 1. The van der Waals surface area contributed by atoms with Crippen molar-refractivity contribution in [2.45, 2.75) is 25.9 Å². The Morgan fingerprint density at radius 2 is 2.29 bits per heavy atom. The highest BCUT2D eigenvalue weighted by Gasteiger charge is 2.24. The van der Waals surface area contributed by atoms with Crippen LogP contribution < -0.4 is 4.74 Å². The van der Waals surface area contributed by atoms with E-state index >= 15 is 0 Å². The number of hydrogen-bond acceptors (Lipinski definition) is 3. The lowest BCUT2D eigenvalue weighted by atomic mass is 9.89. The third kappa shape index (κ3) is 2.79. The summed E-state index contributed by atoms with van der Waals surface area (Å²) in [6, 6.07) is 5.81. The minimum absolute atomic E-state index is 0.218. The smallest absolute Gasteiger partial charge is 0.119 e. The number of methoxy groups -OCH3 is 1. The van der Waals surface area contributed by atoms with Crippen LogP contribution >= 0.6 is 0 Å². The molecule has 0 aromatic heterocycles. The Morgan fingerprint density at radius 3 is 2.88 bits per heavy atom. The molecule has 0 aliphatic carbocycles. The Bertz CT molecular complexity index is 370. The van der Waals surface area contributed by atoms with Crippen molar-refractivity contribution in [3.8, 4) is 5.75 Å². The highest BCUT2D eigenvalue weighted by molar-refractivity contribution is 5.36. The van der Waals surface area contributed by atoms with Gasteiger partial charge in [-0.3, -0.25) is 0 Å². The quantitative estimate of drug-likeness (QED) is 0.876. The third-order valence-corrected chi connectivity index (χ3v) is 3.44. The van der Waals surface area contributed by atoms with Gasteiger partial charge in [0.05, 0.1) is 19.8 Å². The molecule has 1 aromatic carbocycles. The van der Waals surface area contributed by atoms with Crippen molar-refractivity contribution in [1.29, 1.82) is 0 Å². The van der Waals surface area contributed by atoms with Crippen LogP contribution in [-0.4, -0.2) is 25.4 Å². The number of hydrogen-bond donors (Lipinski definition) is 1. The topological polar surface area (TPSA) is 38.7 Å². The lowest BCUT2D eigenvalue weighted by Gasteiger charge is -2.27. The number of aliphatic hydroxyl groups is 1. The summed E-state index contributed by atoms with van der Waals surface area (Å²) in [6.45, 7) is 3.49. The van der Waals surface area contributed by atoms with Gasteiger partial charge in [-0.05, 0) is 43.0 Å². The first-order chi connectivity index (χ1) is 8.22. The Balaban J connectivity index is 2.15. The zero-order valence-corrected chi connectivity index (χ0v) is 10.5.